The van der Waals surface area contributed by atoms with Crippen LogP contribution in [0.2, 0.25) is 0 Å². The monoisotopic (exact) mass is 819 g/mol. The Morgan fingerprint density at radius 3 is 1.35 bits per heavy atom. The molecular formula is C57H44FN3O. The van der Waals surface area contributed by atoms with Gasteiger partial charge in [-0.05, 0) is 113 Å². The number of nitrogens with zero attached hydrogens (tertiary/aromatic N) is 3. The minimum atomic E-state index is -3.18. The first-order chi connectivity index (χ1) is 36.0. The smallest absolute Gasteiger partial charge is 0.144 e. The molecule has 0 fully saturated rings. The second kappa shape index (κ2) is 17.6. The molecule has 0 N–H and O–H groups in total. The van der Waals surface area contributed by atoms with Crippen LogP contribution in [0.25, 0.3) is 66.8 Å². The van der Waals surface area contributed by atoms with Gasteiger partial charge in [-0.2, -0.15) is 0 Å². The number of para-hydroxylation sites is 1. The van der Waals surface area contributed by atoms with Crippen LogP contribution in [0.15, 0.2) is 199 Å². The maximum absolute atomic E-state index is 15.5. The molecule has 0 aliphatic carbocycles. The van der Waals surface area contributed by atoms with Crippen LogP contribution in [0, 0.1) is 5.82 Å². The molecule has 4 nitrogen and oxygen atoms in total. The fraction of sp³-hybridized carbons (Fsp3) is 0.105. The summed E-state index contributed by atoms with van der Waals surface area (Å²) in [6.45, 7) is 0. The highest BCUT2D eigenvalue weighted by Gasteiger charge is 2.18. The molecule has 10 aromatic rings. The van der Waals surface area contributed by atoms with Crippen molar-refractivity contribution in [1.82, 2.24) is 15.0 Å². The van der Waals surface area contributed by atoms with Crippen molar-refractivity contribution in [2.45, 2.75) is 38.2 Å². The molecule has 6 aromatic carbocycles. The van der Waals surface area contributed by atoms with Crippen molar-refractivity contribution in [3.8, 4) is 44.9 Å². The van der Waals surface area contributed by atoms with Crippen molar-refractivity contribution in [2.24, 2.45) is 0 Å². The van der Waals surface area contributed by atoms with Gasteiger partial charge in [-0.25, -0.2) is 4.39 Å². The van der Waals surface area contributed by atoms with Gasteiger partial charge in [0.2, 0.25) is 0 Å². The molecule has 5 heteroatoms. The summed E-state index contributed by atoms with van der Waals surface area (Å²) in [6.07, 6.45) is -14.9. The van der Waals surface area contributed by atoms with E-state index < -0.39 is 72.8 Å². The Bertz CT molecular complexity index is 3660. The van der Waals surface area contributed by atoms with E-state index in [9.17, 15) is 16.4 Å². The first kappa shape index (κ1) is 26.0. The van der Waals surface area contributed by atoms with Crippen molar-refractivity contribution in [3.05, 3.63) is 234 Å². The average Bonchev–Trinajstić information content (AvgIpc) is 3.83. The summed E-state index contributed by atoms with van der Waals surface area (Å²) >= 11 is 0. The molecule has 0 saturated carbocycles. The number of hydrogen-bond acceptors (Lipinski definition) is 4. The lowest BCUT2D eigenvalue weighted by Crippen LogP contribution is -2.00. The van der Waals surface area contributed by atoms with Crippen molar-refractivity contribution in [3.63, 3.8) is 0 Å². The topological polar surface area (TPSA) is 51.8 Å². The number of hydrogen-bond donors (Lipinski definition) is 0. The predicted molar refractivity (Wildman–Crippen MR) is 250 cm³/mol. The normalized spacial score (nSPS) is 16.1. The van der Waals surface area contributed by atoms with Crippen LogP contribution in [0.3, 0.4) is 0 Å². The molecule has 0 radical (unpaired) electrons. The molecule has 0 aliphatic rings. The number of halogens is 1. The molecule has 62 heavy (non-hydrogen) atoms. The summed E-state index contributed by atoms with van der Waals surface area (Å²) in [5.41, 5.74) is 1.29. The lowest BCUT2D eigenvalue weighted by atomic mass is 9.94. The zero-order valence-corrected chi connectivity index (χ0v) is 32.9. The summed E-state index contributed by atoms with van der Waals surface area (Å²) in [5, 5.41) is 0.795. The van der Waals surface area contributed by atoms with E-state index in [-0.39, 0.29) is 39.1 Å². The molecule has 0 saturated heterocycles. The minimum absolute atomic E-state index is 0.0947. The predicted octanol–water partition coefficient (Wildman–Crippen LogP) is 13.9. The number of benzene rings is 6. The zero-order valence-electron chi connectivity index (χ0n) is 46.9. The first-order valence-corrected chi connectivity index (χ1v) is 19.8. The number of rotatable bonds is 13. The molecule has 0 amide bonds. The van der Waals surface area contributed by atoms with E-state index in [0.717, 1.165) is 35.5 Å². The number of aromatic nitrogens is 3. The summed E-state index contributed by atoms with van der Waals surface area (Å²) < 4.78 is 151. The van der Waals surface area contributed by atoms with Crippen LogP contribution < -0.4 is 0 Å². The van der Waals surface area contributed by atoms with Gasteiger partial charge < -0.3 is 4.42 Å². The SMILES string of the molecule is [2H]c1c(F)c([2H])c2oc3c(-c4ccc(C([2H])([2H])C([2H])([2H])c5cc(C([2H])([2H])C([2H])([2H])c6ccc(-c7ccccc7)nc6)cc(C([2H])([2H])C([2H])([2H])c6ccc(-c7ccccc7)nc6)c5)cn4)cccc3c2c1-c1ccccc1. The van der Waals surface area contributed by atoms with Crippen LogP contribution in [-0.4, -0.2) is 15.0 Å². The molecular weight excluding hydrogens is 762 g/mol. The molecule has 0 unspecified atom stereocenters. The van der Waals surface area contributed by atoms with Crippen LogP contribution in [-0.2, 0) is 38.2 Å². The van der Waals surface area contributed by atoms with E-state index in [2.05, 4.69) is 15.0 Å². The molecule has 300 valence electrons. The number of furan rings is 1. The Kier molecular flexibility index (Phi) is 7.38. The Hall–Kier alpha value is -7.50. The van der Waals surface area contributed by atoms with Crippen molar-refractivity contribution < 1.29 is 28.0 Å². The van der Waals surface area contributed by atoms with Gasteiger partial charge in [0.05, 0.1) is 19.8 Å². The Morgan fingerprint density at radius 2 is 0.887 bits per heavy atom. The molecule has 0 bridgehead atoms. The second-order valence-corrected chi connectivity index (χ2v) is 14.4. The van der Waals surface area contributed by atoms with E-state index >= 15 is 4.39 Å². The van der Waals surface area contributed by atoms with Crippen molar-refractivity contribution in [1.29, 1.82) is 0 Å². The van der Waals surface area contributed by atoms with Crippen LogP contribution in [0.5, 0.6) is 0 Å². The Labute approximate surface area is 381 Å². The van der Waals surface area contributed by atoms with Crippen molar-refractivity contribution >= 4 is 21.9 Å². The van der Waals surface area contributed by atoms with Gasteiger partial charge in [0.15, 0.2) is 0 Å². The van der Waals surface area contributed by atoms with Gasteiger partial charge in [0.1, 0.15) is 17.0 Å². The highest BCUT2D eigenvalue weighted by molar-refractivity contribution is 6.15. The van der Waals surface area contributed by atoms with Gasteiger partial charge in [0.25, 0.3) is 0 Å². The standard InChI is InChI=1S/C57H44FN3O/c58-48-34-51(45-11-4-1-5-12-45)56-50-18-10-17-49(57(50)62-55(56)35-48)54-30-27-41(38-61-54)21-24-44-32-42(22-19-39-25-28-52(59-36-39)46-13-6-2-7-14-46)31-43(33-44)23-20-40-26-29-53(60-37-40)47-15-8-3-9-16-47/h1-18,25-38H,19-24H2/i19D2,20D2,21D2,22D2,23D2,24D2,34D,35D. The fourth-order valence-corrected chi connectivity index (χ4v) is 7.18. The first-order valence-electron chi connectivity index (χ1n) is 26.8. The van der Waals surface area contributed by atoms with Gasteiger partial charge in [-0.1, -0.05) is 140 Å². The molecule has 0 atom stereocenters. The molecule has 0 spiro atoms. The van der Waals surface area contributed by atoms with E-state index in [1.165, 1.54) is 48.8 Å². The van der Waals surface area contributed by atoms with Gasteiger partial charge in [0, 0.05) is 68.5 Å². The van der Waals surface area contributed by atoms with Crippen LogP contribution in [0.4, 0.5) is 4.39 Å². The minimum Gasteiger partial charge on any atom is -0.455 e. The Morgan fingerprint density at radius 1 is 0.435 bits per heavy atom. The van der Waals surface area contributed by atoms with E-state index in [1.807, 2.05) is 12.1 Å². The average molecular weight is 820 g/mol. The molecule has 4 aromatic heterocycles. The Balaban J connectivity index is 1.06. The molecule has 4 heterocycles. The van der Waals surface area contributed by atoms with E-state index in [4.69, 9.17) is 7.16 Å². The lowest BCUT2D eigenvalue weighted by molar-refractivity contribution is 0.619. The van der Waals surface area contributed by atoms with E-state index in [1.54, 1.807) is 97.1 Å². The van der Waals surface area contributed by atoms with Gasteiger partial charge in [-0.3, -0.25) is 15.0 Å². The molecule has 10 rings (SSSR count). The zero-order chi connectivity index (χ0) is 54.2. The number of aryl methyl sites for hydroxylation is 6. The maximum Gasteiger partial charge on any atom is 0.144 e. The van der Waals surface area contributed by atoms with Crippen LogP contribution in [0.1, 0.15) is 52.6 Å². The highest BCUT2D eigenvalue weighted by atomic mass is 19.1. The van der Waals surface area contributed by atoms with Gasteiger partial charge >= 0.3 is 0 Å². The fourth-order valence-electron chi connectivity index (χ4n) is 7.18. The van der Waals surface area contributed by atoms with Crippen molar-refractivity contribution in [2.75, 3.05) is 0 Å². The third-order valence-electron chi connectivity index (χ3n) is 10.2. The largest absolute Gasteiger partial charge is 0.455 e. The summed E-state index contributed by atoms with van der Waals surface area (Å²) in [6, 6.07) is 42.1. The third-order valence-corrected chi connectivity index (χ3v) is 10.2. The summed E-state index contributed by atoms with van der Waals surface area (Å²) in [7, 11) is 0. The number of fused-ring (bicyclic) bond motifs is 3. The maximum atomic E-state index is 15.5. The highest BCUT2D eigenvalue weighted by Crippen LogP contribution is 2.40. The number of pyridine rings is 3. The molecule has 0 aliphatic heterocycles. The third kappa shape index (κ3) is 8.57. The van der Waals surface area contributed by atoms with Gasteiger partial charge in [-0.15, -0.1) is 0 Å². The summed E-state index contributed by atoms with van der Waals surface area (Å²) in [4.78, 5) is 13.3. The van der Waals surface area contributed by atoms with Crippen LogP contribution >= 0.6 is 0 Å². The quantitative estimate of drug-likeness (QED) is 0.116. The second-order valence-electron chi connectivity index (χ2n) is 14.4. The summed E-state index contributed by atoms with van der Waals surface area (Å²) in [5.74, 6) is -1.06. The van der Waals surface area contributed by atoms with E-state index in [0.29, 0.717) is 33.3 Å². The lowest BCUT2D eigenvalue weighted by Gasteiger charge is -2.12.